The van der Waals surface area contributed by atoms with Crippen LogP contribution < -0.4 is 0 Å². The van der Waals surface area contributed by atoms with Gasteiger partial charge in [0.2, 0.25) is 11.4 Å². The van der Waals surface area contributed by atoms with Gasteiger partial charge in [0.1, 0.15) is 0 Å². The zero-order valence-electron chi connectivity index (χ0n) is 20.6. The minimum absolute atomic E-state index is 0.920. The van der Waals surface area contributed by atoms with Crippen LogP contribution in [0.3, 0.4) is 0 Å². The monoisotopic (exact) mass is 428 g/mol. The maximum Gasteiger partial charge on any atom is 0.211 e. The Hall–Kier alpha value is -2.48. The Morgan fingerprint density at radius 3 is 1.56 bits per heavy atom. The fourth-order valence-corrected chi connectivity index (χ4v) is 4.76. The second kappa shape index (κ2) is 11.9. The van der Waals surface area contributed by atoms with Crippen molar-refractivity contribution < 1.29 is 4.70 Å². The fraction of sp³-hybridized carbons (Fsp3) is 0.467. The van der Waals surface area contributed by atoms with Crippen LogP contribution in [0.2, 0.25) is 0 Å². The molecule has 0 N–H and O–H groups in total. The van der Waals surface area contributed by atoms with Crippen molar-refractivity contribution in [3.05, 3.63) is 87.5 Å². The van der Waals surface area contributed by atoms with Crippen molar-refractivity contribution >= 4 is 11.4 Å². The summed E-state index contributed by atoms with van der Waals surface area (Å²) in [5.41, 5.74) is 21.1. The molecule has 0 spiro atoms. The van der Waals surface area contributed by atoms with Crippen LogP contribution in [0.25, 0.3) is 16.9 Å². The zero-order valence-corrected chi connectivity index (χ0v) is 20.6. The highest BCUT2D eigenvalue weighted by Gasteiger charge is 2.34. The van der Waals surface area contributed by atoms with E-state index in [1.54, 1.807) is 0 Å². The molecule has 0 radical (unpaired) electrons. The van der Waals surface area contributed by atoms with E-state index in [9.17, 15) is 5.53 Å². The molecule has 170 valence electrons. The molecule has 2 nitrogen and oxygen atoms in total. The van der Waals surface area contributed by atoms with E-state index in [0.717, 1.165) is 61.0 Å². The molecule has 0 aromatic heterocycles. The first-order chi connectivity index (χ1) is 15.6. The summed E-state index contributed by atoms with van der Waals surface area (Å²) < 4.78 is 1.50. The van der Waals surface area contributed by atoms with Crippen LogP contribution >= 0.6 is 0 Å². The maximum atomic E-state index is 11.6. The van der Waals surface area contributed by atoms with E-state index < -0.39 is 0 Å². The van der Waals surface area contributed by atoms with Gasteiger partial charge in [0.25, 0.3) is 0 Å². The van der Waals surface area contributed by atoms with Crippen molar-refractivity contribution in [2.75, 3.05) is 0 Å². The average Bonchev–Trinajstić information content (AvgIpc) is 3.11. The fourth-order valence-electron chi connectivity index (χ4n) is 4.76. The van der Waals surface area contributed by atoms with Crippen molar-refractivity contribution in [1.82, 2.24) is 0 Å². The van der Waals surface area contributed by atoms with E-state index in [1.807, 2.05) is 0 Å². The molecule has 0 atom stereocenters. The third kappa shape index (κ3) is 5.46. The lowest BCUT2D eigenvalue weighted by molar-refractivity contribution is -0.345. The first-order valence-electron chi connectivity index (χ1n) is 12.8. The highest BCUT2D eigenvalue weighted by atomic mass is 15.2. The molecule has 0 unspecified atom stereocenters. The summed E-state index contributed by atoms with van der Waals surface area (Å²) in [6, 6.07) is 17.6. The average molecular weight is 429 g/mol. The van der Waals surface area contributed by atoms with Gasteiger partial charge in [0.05, 0.1) is 0 Å². The summed E-state index contributed by atoms with van der Waals surface area (Å²) in [7, 11) is 0. The molecule has 0 saturated carbocycles. The van der Waals surface area contributed by atoms with Gasteiger partial charge in [-0.1, -0.05) is 71.2 Å². The van der Waals surface area contributed by atoms with Crippen molar-refractivity contribution in [2.24, 2.45) is 0 Å². The molecule has 1 aliphatic rings. The molecule has 2 heteroatoms. The minimum Gasteiger partial charge on any atom is -0.493 e. The summed E-state index contributed by atoms with van der Waals surface area (Å²) in [5.74, 6) is 0. The number of unbranched alkanes of at least 4 members (excludes halogenated alkanes) is 3. The molecule has 3 rings (SSSR count). The van der Waals surface area contributed by atoms with Crippen LogP contribution in [0.5, 0.6) is 0 Å². The van der Waals surface area contributed by atoms with Gasteiger partial charge in [-0.05, 0) is 80.3 Å². The summed E-state index contributed by atoms with van der Waals surface area (Å²) in [5, 5.41) is 0. The smallest absolute Gasteiger partial charge is 0.211 e. The molecular formula is C30H40N2. The molecule has 0 saturated heterocycles. The molecule has 1 aliphatic heterocycles. The standard InChI is InChI=1S/C30H40N2/c1-5-9-14-23-16-12-18-25(21-23)29-27(8-4)28(20-11-7-3)30(32(29)31)26-19-13-17-24(22-26)15-10-6-2/h12-13,16-19,21-22H,5-11,14-15,20H2,1-4H3. The summed E-state index contributed by atoms with van der Waals surface area (Å²) in [6.45, 7) is 8.93. The predicted octanol–water partition coefficient (Wildman–Crippen LogP) is 9.14. The van der Waals surface area contributed by atoms with Crippen LogP contribution in [0.4, 0.5) is 0 Å². The van der Waals surface area contributed by atoms with Gasteiger partial charge in [-0.3, -0.25) is 0 Å². The Labute approximate surface area is 195 Å². The van der Waals surface area contributed by atoms with Gasteiger partial charge < -0.3 is 5.53 Å². The molecule has 1 heterocycles. The van der Waals surface area contributed by atoms with Gasteiger partial charge in [-0.25, -0.2) is 4.70 Å². The topological polar surface area (TPSA) is 25.3 Å². The third-order valence-corrected chi connectivity index (χ3v) is 6.53. The Bertz CT molecular complexity index is 993. The molecule has 0 bridgehead atoms. The largest absolute Gasteiger partial charge is 0.493 e. The van der Waals surface area contributed by atoms with E-state index in [1.165, 1.54) is 52.7 Å². The van der Waals surface area contributed by atoms with Crippen molar-refractivity contribution in [3.8, 4) is 0 Å². The van der Waals surface area contributed by atoms with Crippen molar-refractivity contribution in [1.29, 1.82) is 0 Å². The van der Waals surface area contributed by atoms with Crippen LogP contribution in [-0.2, 0) is 12.8 Å². The van der Waals surface area contributed by atoms with Gasteiger partial charge in [0, 0.05) is 22.3 Å². The van der Waals surface area contributed by atoms with Crippen LogP contribution in [0.15, 0.2) is 59.7 Å². The number of hydrogen-bond donors (Lipinski definition) is 0. The molecule has 32 heavy (non-hydrogen) atoms. The first-order valence-corrected chi connectivity index (χ1v) is 12.8. The van der Waals surface area contributed by atoms with Gasteiger partial charge in [-0.2, -0.15) is 0 Å². The van der Waals surface area contributed by atoms with E-state index in [0.29, 0.717) is 0 Å². The molecule has 0 fully saturated rings. The van der Waals surface area contributed by atoms with Crippen molar-refractivity contribution in [3.63, 3.8) is 0 Å². The SMILES string of the molecule is CCCCC1=C(c2cccc(CCCC)c2)[N+](=[N-])C(c2cccc(CCCC)c2)=C1CC. The number of nitrogens with zero attached hydrogens (tertiary/aromatic N) is 2. The van der Waals surface area contributed by atoms with Crippen LogP contribution in [0.1, 0.15) is 101 Å². The molecular weight excluding hydrogens is 388 g/mol. The highest BCUT2D eigenvalue weighted by molar-refractivity contribution is 5.82. The highest BCUT2D eigenvalue weighted by Crippen LogP contribution is 2.44. The lowest BCUT2D eigenvalue weighted by Gasteiger charge is -2.11. The summed E-state index contributed by atoms with van der Waals surface area (Å²) in [6.07, 6.45) is 11.2. The Balaban J connectivity index is 2.06. The molecule has 0 amide bonds. The van der Waals surface area contributed by atoms with Gasteiger partial charge in [-0.15, -0.1) is 0 Å². The molecule has 2 aromatic rings. The number of aryl methyl sites for hydroxylation is 2. The van der Waals surface area contributed by atoms with Gasteiger partial charge in [0.15, 0.2) is 0 Å². The van der Waals surface area contributed by atoms with Gasteiger partial charge >= 0.3 is 0 Å². The Morgan fingerprint density at radius 2 is 1.09 bits per heavy atom. The normalized spacial score (nSPS) is 14.1. The zero-order chi connectivity index (χ0) is 22.9. The van der Waals surface area contributed by atoms with E-state index in [2.05, 4.69) is 76.2 Å². The van der Waals surface area contributed by atoms with E-state index in [-0.39, 0.29) is 0 Å². The number of allylic oxidation sites excluding steroid dienone is 2. The third-order valence-electron chi connectivity index (χ3n) is 6.53. The number of rotatable bonds is 12. The van der Waals surface area contributed by atoms with Crippen LogP contribution in [-0.4, -0.2) is 4.70 Å². The lowest BCUT2D eigenvalue weighted by atomic mass is 9.93. The van der Waals surface area contributed by atoms with E-state index >= 15 is 0 Å². The summed E-state index contributed by atoms with van der Waals surface area (Å²) in [4.78, 5) is 0. The molecule has 0 aliphatic carbocycles. The Morgan fingerprint density at radius 1 is 0.625 bits per heavy atom. The lowest BCUT2D eigenvalue weighted by Crippen LogP contribution is -2.03. The van der Waals surface area contributed by atoms with Crippen molar-refractivity contribution in [2.45, 2.75) is 91.9 Å². The van der Waals surface area contributed by atoms with E-state index in [4.69, 9.17) is 0 Å². The first kappa shape index (κ1) is 24.2. The minimum atomic E-state index is 0.920. The second-order valence-corrected chi connectivity index (χ2v) is 9.03. The van der Waals surface area contributed by atoms with Crippen LogP contribution in [0, 0.1) is 0 Å². The maximum absolute atomic E-state index is 11.6. The second-order valence-electron chi connectivity index (χ2n) is 9.03. The summed E-state index contributed by atoms with van der Waals surface area (Å²) >= 11 is 0. The number of hydrogen-bond acceptors (Lipinski definition) is 0. The number of benzene rings is 2. The quantitative estimate of drug-likeness (QED) is 0.301. The Kier molecular flexibility index (Phi) is 9.02. The molecule has 2 aromatic carbocycles. The predicted molar refractivity (Wildman–Crippen MR) is 137 cm³/mol.